The van der Waals surface area contributed by atoms with Crippen molar-refractivity contribution in [1.82, 2.24) is 0 Å². The minimum Gasteiger partial charge on any atom is -0.457 e. The minimum atomic E-state index is -0.622. The van der Waals surface area contributed by atoms with Gasteiger partial charge in [-0.05, 0) is 62.4 Å². The zero-order valence-electron chi connectivity index (χ0n) is 19.1. The van der Waals surface area contributed by atoms with Gasteiger partial charge in [0, 0.05) is 24.3 Å². The average Bonchev–Trinajstić information content (AvgIpc) is 3.23. The lowest BCUT2D eigenvalue weighted by Gasteiger charge is -2.17. The maximum Gasteiger partial charge on any atom is 0.311 e. The summed E-state index contributed by atoms with van der Waals surface area (Å²) in [6, 6.07) is 22.2. The molecule has 1 aliphatic rings. The smallest absolute Gasteiger partial charge is 0.311 e. The summed E-state index contributed by atoms with van der Waals surface area (Å²) in [5.41, 5.74) is 3.53. The SMILES string of the molecule is Cc1ccc(NC(=O)COC(=O)[C@@H]2CC(=O)N(c3ccc(Oc4ccc(C)cc4)cc3)C2)cc1. The predicted octanol–water partition coefficient (Wildman–Crippen LogP) is 4.63. The molecule has 1 atom stereocenters. The molecule has 0 saturated carbocycles. The second-order valence-electron chi connectivity index (χ2n) is 8.34. The molecule has 2 amide bonds. The molecule has 0 spiro atoms. The van der Waals surface area contributed by atoms with Gasteiger partial charge in [0.1, 0.15) is 11.5 Å². The van der Waals surface area contributed by atoms with Crippen LogP contribution in [-0.4, -0.2) is 30.9 Å². The van der Waals surface area contributed by atoms with Gasteiger partial charge in [0.2, 0.25) is 5.91 Å². The summed E-state index contributed by atoms with van der Waals surface area (Å²) < 4.78 is 11.0. The zero-order valence-corrected chi connectivity index (χ0v) is 19.1. The lowest BCUT2D eigenvalue weighted by Crippen LogP contribution is -2.28. The molecule has 1 saturated heterocycles. The van der Waals surface area contributed by atoms with Crippen molar-refractivity contribution in [2.24, 2.45) is 5.92 Å². The van der Waals surface area contributed by atoms with Gasteiger partial charge in [0.25, 0.3) is 5.91 Å². The highest BCUT2D eigenvalue weighted by Gasteiger charge is 2.36. The Balaban J connectivity index is 1.28. The molecular formula is C27H26N2O5. The molecule has 3 aromatic rings. The van der Waals surface area contributed by atoms with Crippen molar-refractivity contribution < 1.29 is 23.9 Å². The topological polar surface area (TPSA) is 84.9 Å². The largest absolute Gasteiger partial charge is 0.457 e. The Kier molecular flexibility index (Phi) is 6.92. The molecule has 0 radical (unpaired) electrons. The molecule has 7 heteroatoms. The zero-order chi connectivity index (χ0) is 24.1. The number of hydrogen-bond donors (Lipinski definition) is 1. The van der Waals surface area contributed by atoms with Crippen LogP contribution in [0.25, 0.3) is 0 Å². The number of rotatable bonds is 7. The number of carbonyl (C=O) groups excluding carboxylic acids is 3. The number of anilines is 2. The molecule has 174 valence electrons. The molecule has 3 aromatic carbocycles. The number of ether oxygens (including phenoxy) is 2. The number of aryl methyl sites for hydroxylation is 2. The van der Waals surface area contributed by atoms with Crippen LogP contribution in [0.5, 0.6) is 11.5 Å². The second-order valence-corrected chi connectivity index (χ2v) is 8.34. The summed E-state index contributed by atoms with van der Waals surface area (Å²) in [6.07, 6.45) is 0.0417. The van der Waals surface area contributed by atoms with Crippen LogP contribution in [0.15, 0.2) is 72.8 Å². The van der Waals surface area contributed by atoms with Crippen LogP contribution in [0.2, 0.25) is 0 Å². The first-order chi connectivity index (χ1) is 16.4. The maximum atomic E-state index is 12.5. The number of nitrogens with one attached hydrogen (secondary N) is 1. The van der Waals surface area contributed by atoms with E-state index in [9.17, 15) is 14.4 Å². The van der Waals surface area contributed by atoms with Gasteiger partial charge in [-0.3, -0.25) is 14.4 Å². The number of amides is 2. The highest BCUT2D eigenvalue weighted by atomic mass is 16.5. The Morgan fingerprint density at radius 2 is 1.44 bits per heavy atom. The van der Waals surface area contributed by atoms with E-state index in [-0.39, 0.29) is 18.9 Å². The van der Waals surface area contributed by atoms with Crippen LogP contribution in [0.1, 0.15) is 17.5 Å². The van der Waals surface area contributed by atoms with E-state index in [4.69, 9.17) is 9.47 Å². The van der Waals surface area contributed by atoms with Gasteiger partial charge < -0.3 is 19.7 Å². The fourth-order valence-corrected chi connectivity index (χ4v) is 3.64. The van der Waals surface area contributed by atoms with Crippen LogP contribution in [0, 0.1) is 19.8 Å². The van der Waals surface area contributed by atoms with Gasteiger partial charge in [-0.15, -0.1) is 0 Å². The van der Waals surface area contributed by atoms with Crippen molar-refractivity contribution in [3.8, 4) is 11.5 Å². The minimum absolute atomic E-state index is 0.0417. The number of carbonyl (C=O) groups is 3. The molecule has 0 aliphatic carbocycles. The van der Waals surface area contributed by atoms with E-state index in [1.807, 2.05) is 50.2 Å². The summed E-state index contributed by atoms with van der Waals surface area (Å²) in [5.74, 6) is -0.405. The monoisotopic (exact) mass is 458 g/mol. The maximum absolute atomic E-state index is 12.5. The van der Waals surface area contributed by atoms with Gasteiger partial charge in [0.15, 0.2) is 6.61 Å². The van der Waals surface area contributed by atoms with Crippen molar-refractivity contribution in [3.05, 3.63) is 83.9 Å². The van der Waals surface area contributed by atoms with E-state index >= 15 is 0 Å². The van der Waals surface area contributed by atoms with Crippen molar-refractivity contribution in [2.45, 2.75) is 20.3 Å². The first-order valence-electron chi connectivity index (χ1n) is 11.1. The van der Waals surface area contributed by atoms with Gasteiger partial charge in [-0.1, -0.05) is 35.4 Å². The molecule has 1 aliphatic heterocycles. The third-order valence-electron chi connectivity index (χ3n) is 5.54. The molecular weight excluding hydrogens is 432 g/mol. The van der Waals surface area contributed by atoms with Crippen LogP contribution in [0.4, 0.5) is 11.4 Å². The van der Waals surface area contributed by atoms with Crippen LogP contribution < -0.4 is 15.0 Å². The third-order valence-corrected chi connectivity index (χ3v) is 5.54. The van der Waals surface area contributed by atoms with Crippen molar-refractivity contribution in [2.75, 3.05) is 23.4 Å². The Hall–Kier alpha value is -4.13. The quantitative estimate of drug-likeness (QED) is 0.522. The van der Waals surface area contributed by atoms with Gasteiger partial charge >= 0.3 is 5.97 Å². The van der Waals surface area contributed by atoms with Crippen LogP contribution in [-0.2, 0) is 19.1 Å². The van der Waals surface area contributed by atoms with E-state index < -0.39 is 24.4 Å². The summed E-state index contributed by atoms with van der Waals surface area (Å²) >= 11 is 0. The van der Waals surface area contributed by atoms with E-state index in [0.717, 1.165) is 16.9 Å². The first kappa shape index (κ1) is 23.0. The van der Waals surface area contributed by atoms with E-state index in [0.29, 0.717) is 17.1 Å². The molecule has 1 N–H and O–H groups in total. The second kappa shape index (κ2) is 10.2. The average molecular weight is 459 g/mol. The third kappa shape index (κ3) is 5.81. The Labute approximate surface area is 198 Å². The fraction of sp³-hybridized carbons (Fsp3) is 0.222. The lowest BCUT2D eigenvalue weighted by molar-refractivity contribution is -0.151. The van der Waals surface area contributed by atoms with E-state index in [2.05, 4.69) is 5.32 Å². The molecule has 1 heterocycles. The predicted molar refractivity (Wildman–Crippen MR) is 129 cm³/mol. The summed E-state index contributed by atoms with van der Waals surface area (Å²) in [4.78, 5) is 38.6. The highest BCUT2D eigenvalue weighted by Crippen LogP contribution is 2.29. The Morgan fingerprint density at radius 1 is 0.882 bits per heavy atom. The molecule has 0 aromatic heterocycles. The van der Waals surface area contributed by atoms with Gasteiger partial charge in [-0.2, -0.15) is 0 Å². The van der Waals surface area contributed by atoms with Crippen molar-refractivity contribution in [3.63, 3.8) is 0 Å². The van der Waals surface area contributed by atoms with Crippen LogP contribution in [0.3, 0.4) is 0 Å². The number of nitrogens with zero attached hydrogens (tertiary/aromatic N) is 1. The number of hydrogen-bond acceptors (Lipinski definition) is 5. The van der Waals surface area contributed by atoms with Gasteiger partial charge in [0.05, 0.1) is 5.92 Å². The van der Waals surface area contributed by atoms with E-state index in [1.165, 1.54) is 0 Å². The lowest BCUT2D eigenvalue weighted by atomic mass is 10.1. The molecule has 1 fully saturated rings. The fourth-order valence-electron chi connectivity index (χ4n) is 3.64. The first-order valence-corrected chi connectivity index (χ1v) is 11.1. The van der Waals surface area contributed by atoms with Crippen molar-refractivity contribution in [1.29, 1.82) is 0 Å². The van der Waals surface area contributed by atoms with Gasteiger partial charge in [-0.25, -0.2) is 0 Å². The summed E-state index contributed by atoms with van der Waals surface area (Å²) in [6.45, 7) is 3.76. The Bertz CT molecular complexity index is 1170. The van der Waals surface area contributed by atoms with E-state index in [1.54, 1.807) is 41.3 Å². The molecule has 4 rings (SSSR count). The standard InChI is InChI=1S/C27H26N2O5/c1-18-3-7-21(8-4-18)28-25(30)17-33-27(32)20-15-26(31)29(16-20)22-9-13-24(14-10-22)34-23-11-5-19(2)6-12-23/h3-14,20H,15-17H2,1-2H3,(H,28,30)/t20-/m1/s1. The summed E-state index contributed by atoms with van der Waals surface area (Å²) in [7, 11) is 0. The molecule has 0 unspecified atom stereocenters. The molecule has 7 nitrogen and oxygen atoms in total. The van der Waals surface area contributed by atoms with Crippen molar-refractivity contribution >= 4 is 29.2 Å². The normalized spacial score (nSPS) is 15.2. The van der Waals surface area contributed by atoms with Crippen LogP contribution >= 0.6 is 0 Å². The molecule has 34 heavy (non-hydrogen) atoms. The number of esters is 1. The highest BCUT2D eigenvalue weighted by molar-refractivity contribution is 6.00. The summed E-state index contributed by atoms with van der Waals surface area (Å²) in [5, 5.41) is 2.68. The molecule has 0 bridgehead atoms. The number of benzene rings is 3. The Morgan fingerprint density at radius 3 is 2.06 bits per heavy atom.